The van der Waals surface area contributed by atoms with Crippen LogP contribution in [0.1, 0.15) is 46.5 Å². The van der Waals surface area contributed by atoms with Crippen molar-refractivity contribution in [2.24, 2.45) is 0 Å². The topological polar surface area (TPSA) is 64.5 Å². The highest BCUT2D eigenvalue weighted by atomic mass is 16.3. The highest BCUT2D eigenvalue weighted by molar-refractivity contribution is 4.42. The van der Waals surface area contributed by atoms with Gasteiger partial charge in [0, 0.05) is 13.1 Å². The highest BCUT2D eigenvalue weighted by Gasteiger charge is 1.84. The van der Waals surface area contributed by atoms with Crippen LogP contribution in [0.4, 0.5) is 0 Å². The zero-order valence-corrected chi connectivity index (χ0v) is 10.4. The molecule has 4 heteroatoms. The van der Waals surface area contributed by atoms with E-state index in [1.165, 1.54) is 32.6 Å². The van der Waals surface area contributed by atoms with Crippen molar-refractivity contribution in [3.05, 3.63) is 0 Å². The molecule has 0 saturated heterocycles. The van der Waals surface area contributed by atoms with E-state index >= 15 is 0 Å². The minimum Gasteiger partial charge on any atom is -0.394 e. The van der Waals surface area contributed by atoms with Gasteiger partial charge in [0.05, 0.1) is 12.7 Å². The summed E-state index contributed by atoms with van der Waals surface area (Å²) in [6.45, 7) is 7.99. The van der Waals surface area contributed by atoms with Crippen molar-refractivity contribution >= 4 is 0 Å². The number of aliphatic hydroxyl groups excluding tert-OH is 2. The van der Waals surface area contributed by atoms with Crippen LogP contribution in [0.25, 0.3) is 0 Å². The van der Waals surface area contributed by atoms with Gasteiger partial charge >= 0.3 is 0 Å². The molecule has 0 radical (unpaired) electrons. The van der Waals surface area contributed by atoms with Crippen molar-refractivity contribution in [2.45, 2.75) is 52.6 Å². The predicted molar refractivity (Wildman–Crippen MR) is 64.6 cm³/mol. The first-order valence-corrected chi connectivity index (χ1v) is 5.93. The second-order valence-corrected chi connectivity index (χ2v) is 3.59. The number of hydrogen-bond acceptors (Lipinski definition) is 4. The van der Waals surface area contributed by atoms with Crippen LogP contribution in [-0.2, 0) is 0 Å². The summed E-state index contributed by atoms with van der Waals surface area (Å²) in [5, 5.41) is 16.0. The van der Waals surface area contributed by atoms with Crippen molar-refractivity contribution in [3.8, 4) is 0 Å². The molecule has 0 aliphatic carbocycles. The lowest BCUT2D eigenvalue weighted by molar-refractivity contribution is 0.110. The van der Waals surface area contributed by atoms with Gasteiger partial charge in [-0.05, 0) is 19.8 Å². The SMILES string of the molecule is CC(O)CO.CCCCNNCCCC. The maximum absolute atomic E-state index is 8.11. The summed E-state index contributed by atoms with van der Waals surface area (Å²) in [6, 6.07) is 0. The second-order valence-electron chi connectivity index (χ2n) is 3.59. The zero-order chi connectivity index (χ0) is 11.9. The Labute approximate surface area is 94.1 Å². The van der Waals surface area contributed by atoms with E-state index in [1.807, 2.05) is 0 Å². The molecule has 4 nitrogen and oxygen atoms in total. The Morgan fingerprint density at radius 3 is 1.53 bits per heavy atom. The minimum absolute atomic E-state index is 0.139. The van der Waals surface area contributed by atoms with Gasteiger partial charge in [-0.25, -0.2) is 0 Å². The van der Waals surface area contributed by atoms with Crippen LogP contribution >= 0.6 is 0 Å². The molecule has 0 amide bonds. The van der Waals surface area contributed by atoms with Crippen LogP contribution in [0.3, 0.4) is 0 Å². The minimum atomic E-state index is -0.560. The molecule has 0 aromatic heterocycles. The lowest BCUT2D eigenvalue weighted by Crippen LogP contribution is -2.33. The Balaban J connectivity index is 0. The second kappa shape index (κ2) is 16.3. The number of hydrogen-bond donors (Lipinski definition) is 4. The van der Waals surface area contributed by atoms with Gasteiger partial charge in [-0.2, -0.15) is 0 Å². The summed E-state index contributed by atoms with van der Waals surface area (Å²) >= 11 is 0. The monoisotopic (exact) mass is 220 g/mol. The predicted octanol–water partition coefficient (Wildman–Crippen LogP) is 1.04. The van der Waals surface area contributed by atoms with Crippen molar-refractivity contribution < 1.29 is 10.2 Å². The molecule has 0 heterocycles. The van der Waals surface area contributed by atoms with Gasteiger partial charge in [0.2, 0.25) is 0 Å². The van der Waals surface area contributed by atoms with Crippen LogP contribution in [0.5, 0.6) is 0 Å². The Morgan fingerprint density at radius 1 is 1.00 bits per heavy atom. The smallest absolute Gasteiger partial charge is 0.0742 e. The fourth-order valence-electron chi connectivity index (χ4n) is 0.707. The van der Waals surface area contributed by atoms with E-state index < -0.39 is 6.10 Å². The van der Waals surface area contributed by atoms with E-state index in [0.29, 0.717) is 0 Å². The van der Waals surface area contributed by atoms with Gasteiger partial charge in [0.1, 0.15) is 0 Å². The first-order valence-electron chi connectivity index (χ1n) is 5.93. The quantitative estimate of drug-likeness (QED) is 0.364. The molecule has 0 aliphatic heterocycles. The Bertz CT molecular complexity index is 92.6. The molecule has 0 spiro atoms. The molecular weight excluding hydrogens is 192 g/mol. The zero-order valence-electron chi connectivity index (χ0n) is 10.4. The van der Waals surface area contributed by atoms with Crippen molar-refractivity contribution in [2.75, 3.05) is 19.7 Å². The molecule has 0 bridgehead atoms. The molecule has 94 valence electrons. The molecule has 15 heavy (non-hydrogen) atoms. The normalized spacial score (nSPS) is 11.8. The van der Waals surface area contributed by atoms with E-state index in [9.17, 15) is 0 Å². The number of hydrazine groups is 1. The summed E-state index contributed by atoms with van der Waals surface area (Å²) in [7, 11) is 0. The number of rotatable bonds is 8. The third-order valence-electron chi connectivity index (χ3n) is 1.70. The highest BCUT2D eigenvalue weighted by Crippen LogP contribution is 1.82. The summed E-state index contributed by atoms with van der Waals surface area (Å²) < 4.78 is 0. The molecule has 0 saturated carbocycles. The van der Waals surface area contributed by atoms with Crippen molar-refractivity contribution in [3.63, 3.8) is 0 Å². The Morgan fingerprint density at radius 2 is 1.33 bits per heavy atom. The largest absolute Gasteiger partial charge is 0.394 e. The van der Waals surface area contributed by atoms with Crippen LogP contribution in [-0.4, -0.2) is 36.0 Å². The number of unbranched alkanes of at least 4 members (excludes halogenated alkanes) is 2. The fourth-order valence-corrected chi connectivity index (χ4v) is 0.707. The van der Waals surface area contributed by atoms with Gasteiger partial charge in [-0.3, -0.25) is 10.9 Å². The molecule has 0 fully saturated rings. The fraction of sp³-hybridized carbons (Fsp3) is 1.00. The molecular formula is C11H28N2O2. The molecule has 0 aromatic carbocycles. The Hall–Kier alpha value is -0.160. The van der Waals surface area contributed by atoms with E-state index in [0.717, 1.165) is 13.1 Å². The van der Waals surface area contributed by atoms with Gasteiger partial charge in [-0.15, -0.1) is 0 Å². The van der Waals surface area contributed by atoms with Crippen LogP contribution in [0.2, 0.25) is 0 Å². The molecule has 0 aromatic rings. The average Bonchev–Trinajstić information content (AvgIpc) is 2.24. The average molecular weight is 220 g/mol. The van der Waals surface area contributed by atoms with Gasteiger partial charge in [-0.1, -0.05) is 26.7 Å². The third kappa shape index (κ3) is 24.8. The lowest BCUT2D eigenvalue weighted by atomic mass is 10.3. The number of aliphatic hydroxyl groups is 2. The Kier molecular flexibility index (Phi) is 18.7. The summed E-state index contributed by atoms with van der Waals surface area (Å²) in [4.78, 5) is 0. The third-order valence-corrected chi connectivity index (χ3v) is 1.70. The standard InChI is InChI=1S/C8H20N2.C3H8O2/c1-3-5-7-9-10-8-6-4-2;1-3(5)2-4/h9-10H,3-8H2,1-2H3;3-5H,2H2,1H3. The maximum Gasteiger partial charge on any atom is 0.0742 e. The lowest BCUT2D eigenvalue weighted by Gasteiger charge is -2.03. The van der Waals surface area contributed by atoms with E-state index in [-0.39, 0.29) is 6.61 Å². The van der Waals surface area contributed by atoms with Gasteiger partial charge in [0.15, 0.2) is 0 Å². The first kappa shape index (κ1) is 17.2. The van der Waals surface area contributed by atoms with Crippen LogP contribution in [0.15, 0.2) is 0 Å². The molecule has 0 aliphatic rings. The van der Waals surface area contributed by atoms with Crippen LogP contribution in [0, 0.1) is 0 Å². The first-order chi connectivity index (χ1) is 7.18. The maximum atomic E-state index is 8.11. The van der Waals surface area contributed by atoms with E-state index in [2.05, 4.69) is 24.7 Å². The summed E-state index contributed by atoms with van der Waals surface area (Å²) in [5.74, 6) is 0. The van der Waals surface area contributed by atoms with Gasteiger partial charge in [0.25, 0.3) is 0 Å². The molecule has 4 N–H and O–H groups in total. The van der Waals surface area contributed by atoms with Crippen LogP contribution < -0.4 is 10.9 Å². The van der Waals surface area contributed by atoms with E-state index in [1.54, 1.807) is 0 Å². The summed E-state index contributed by atoms with van der Waals surface area (Å²) in [5.41, 5.74) is 6.34. The molecule has 1 atom stereocenters. The number of nitrogens with one attached hydrogen (secondary N) is 2. The van der Waals surface area contributed by atoms with Crippen molar-refractivity contribution in [1.82, 2.24) is 10.9 Å². The van der Waals surface area contributed by atoms with Gasteiger partial charge < -0.3 is 10.2 Å². The van der Waals surface area contributed by atoms with Crippen molar-refractivity contribution in [1.29, 1.82) is 0 Å². The summed E-state index contributed by atoms with van der Waals surface area (Å²) in [6.07, 6.45) is 4.50. The van der Waals surface area contributed by atoms with E-state index in [4.69, 9.17) is 10.2 Å². The molecule has 1 unspecified atom stereocenters. The molecule has 0 rings (SSSR count).